The maximum absolute atomic E-state index is 13.2. The summed E-state index contributed by atoms with van der Waals surface area (Å²) in [6.45, 7) is 4.04. The monoisotopic (exact) mass is 259 g/mol. The lowest BCUT2D eigenvalue weighted by atomic mass is 9.94. The Morgan fingerprint density at radius 1 is 1.32 bits per heavy atom. The Morgan fingerprint density at radius 3 is 2.84 bits per heavy atom. The zero-order valence-corrected chi connectivity index (χ0v) is 11.1. The van der Waals surface area contributed by atoms with E-state index in [2.05, 4.69) is 14.9 Å². The number of hydrogen-bond acceptors (Lipinski definition) is 2. The van der Waals surface area contributed by atoms with Crippen LogP contribution >= 0.6 is 0 Å². The van der Waals surface area contributed by atoms with Gasteiger partial charge in [0.05, 0.1) is 6.33 Å². The van der Waals surface area contributed by atoms with Gasteiger partial charge in [-0.15, -0.1) is 0 Å². The highest BCUT2D eigenvalue weighted by molar-refractivity contribution is 5.42. The van der Waals surface area contributed by atoms with Crippen molar-refractivity contribution in [2.45, 2.75) is 25.7 Å². The van der Waals surface area contributed by atoms with Gasteiger partial charge in [-0.1, -0.05) is 0 Å². The molecule has 4 heteroatoms. The van der Waals surface area contributed by atoms with Gasteiger partial charge in [-0.3, -0.25) is 0 Å². The van der Waals surface area contributed by atoms with Crippen LogP contribution in [-0.2, 0) is 0 Å². The van der Waals surface area contributed by atoms with Crippen molar-refractivity contribution in [3.63, 3.8) is 0 Å². The maximum Gasteiger partial charge on any atom is 0.123 e. The molecule has 0 bridgehead atoms. The number of piperidine rings is 1. The summed E-state index contributed by atoms with van der Waals surface area (Å²) in [5.41, 5.74) is 3.19. The first-order chi connectivity index (χ1) is 9.25. The van der Waals surface area contributed by atoms with E-state index in [1.165, 1.54) is 11.8 Å². The second kappa shape index (κ2) is 5.13. The third-order valence-electron chi connectivity index (χ3n) is 3.84. The highest BCUT2D eigenvalue weighted by atomic mass is 19.1. The SMILES string of the molecule is Cc1cc(F)ccc1-n1cncc1C1CCNCC1. The van der Waals surface area contributed by atoms with Crippen LogP contribution in [0.15, 0.2) is 30.7 Å². The van der Waals surface area contributed by atoms with E-state index in [9.17, 15) is 4.39 Å². The number of hydrogen-bond donors (Lipinski definition) is 1. The Labute approximate surface area is 112 Å². The molecule has 1 aliphatic heterocycles. The van der Waals surface area contributed by atoms with Gasteiger partial charge in [0.15, 0.2) is 0 Å². The molecule has 0 amide bonds. The quantitative estimate of drug-likeness (QED) is 0.898. The first kappa shape index (κ1) is 12.4. The molecule has 0 saturated carbocycles. The van der Waals surface area contributed by atoms with E-state index >= 15 is 0 Å². The Kier molecular flexibility index (Phi) is 3.34. The van der Waals surface area contributed by atoms with E-state index < -0.39 is 0 Å². The fourth-order valence-corrected chi connectivity index (χ4v) is 2.82. The van der Waals surface area contributed by atoms with Crippen molar-refractivity contribution >= 4 is 0 Å². The van der Waals surface area contributed by atoms with Crippen LogP contribution in [0.3, 0.4) is 0 Å². The number of nitrogens with zero attached hydrogens (tertiary/aromatic N) is 2. The minimum Gasteiger partial charge on any atom is -0.317 e. The number of aryl methyl sites for hydroxylation is 1. The predicted octanol–water partition coefficient (Wildman–Crippen LogP) is 2.79. The highest BCUT2D eigenvalue weighted by Gasteiger charge is 2.19. The highest BCUT2D eigenvalue weighted by Crippen LogP contribution is 2.28. The van der Waals surface area contributed by atoms with Crippen LogP contribution in [0.4, 0.5) is 4.39 Å². The predicted molar refractivity (Wildman–Crippen MR) is 73.1 cm³/mol. The van der Waals surface area contributed by atoms with E-state index in [-0.39, 0.29) is 5.82 Å². The molecule has 0 atom stereocenters. The molecule has 3 rings (SSSR count). The average Bonchev–Trinajstić information content (AvgIpc) is 2.89. The summed E-state index contributed by atoms with van der Waals surface area (Å²) >= 11 is 0. The first-order valence-corrected chi connectivity index (χ1v) is 6.75. The van der Waals surface area contributed by atoms with E-state index in [1.807, 2.05) is 25.5 Å². The second-order valence-electron chi connectivity index (χ2n) is 5.14. The molecule has 3 nitrogen and oxygen atoms in total. The summed E-state index contributed by atoms with van der Waals surface area (Å²) in [6, 6.07) is 4.91. The third-order valence-corrected chi connectivity index (χ3v) is 3.84. The van der Waals surface area contributed by atoms with Crippen LogP contribution in [-0.4, -0.2) is 22.6 Å². The molecular weight excluding hydrogens is 241 g/mol. The van der Waals surface area contributed by atoms with Gasteiger partial charge >= 0.3 is 0 Å². The van der Waals surface area contributed by atoms with E-state index in [4.69, 9.17) is 0 Å². The number of imidazole rings is 1. The Balaban J connectivity index is 1.99. The molecule has 2 heterocycles. The van der Waals surface area contributed by atoms with Crippen molar-refractivity contribution in [2.75, 3.05) is 13.1 Å². The van der Waals surface area contributed by atoms with Gasteiger partial charge < -0.3 is 9.88 Å². The molecule has 19 heavy (non-hydrogen) atoms. The molecular formula is C15H18FN3. The molecule has 0 spiro atoms. The fourth-order valence-electron chi connectivity index (χ4n) is 2.82. The molecule has 1 aromatic carbocycles. The fraction of sp³-hybridized carbons (Fsp3) is 0.400. The summed E-state index contributed by atoms with van der Waals surface area (Å²) in [4.78, 5) is 4.29. The lowest BCUT2D eigenvalue weighted by Crippen LogP contribution is -2.27. The van der Waals surface area contributed by atoms with Crippen LogP contribution in [0.1, 0.15) is 30.0 Å². The summed E-state index contributed by atoms with van der Waals surface area (Å²) in [5, 5.41) is 3.38. The van der Waals surface area contributed by atoms with Crippen molar-refractivity contribution in [1.82, 2.24) is 14.9 Å². The summed E-state index contributed by atoms with van der Waals surface area (Å²) < 4.78 is 15.3. The smallest absolute Gasteiger partial charge is 0.123 e. The number of halogens is 1. The Bertz CT molecular complexity index is 571. The molecule has 1 fully saturated rings. The Morgan fingerprint density at radius 2 is 2.11 bits per heavy atom. The van der Waals surface area contributed by atoms with Crippen LogP contribution < -0.4 is 5.32 Å². The lowest BCUT2D eigenvalue weighted by molar-refractivity contribution is 0.449. The summed E-state index contributed by atoms with van der Waals surface area (Å²) in [6.07, 6.45) is 6.04. The van der Waals surface area contributed by atoms with Crippen LogP contribution in [0.5, 0.6) is 0 Å². The molecule has 1 saturated heterocycles. The van der Waals surface area contributed by atoms with Crippen LogP contribution in [0.25, 0.3) is 5.69 Å². The lowest BCUT2D eigenvalue weighted by Gasteiger charge is -2.24. The van der Waals surface area contributed by atoms with Crippen LogP contribution in [0, 0.1) is 12.7 Å². The molecule has 0 radical (unpaired) electrons. The number of benzene rings is 1. The van der Waals surface area contributed by atoms with Crippen LogP contribution in [0.2, 0.25) is 0 Å². The van der Waals surface area contributed by atoms with Gasteiger partial charge in [0.1, 0.15) is 5.82 Å². The summed E-state index contributed by atoms with van der Waals surface area (Å²) in [7, 11) is 0. The molecule has 1 N–H and O–H groups in total. The van der Waals surface area contributed by atoms with E-state index in [0.29, 0.717) is 5.92 Å². The molecule has 0 aliphatic carbocycles. The van der Waals surface area contributed by atoms with Crippen molar-refractivity contribution in [3.05, 3.63) is 47.8 Å². The molecule has 2 aromatic rings. The van der Waals surface area contributed by atoms with Crippen molar-refractivity contribution in [2.24, 2.45) is 0 Å². The Hall–Kier alpha value is -1.68. The van der Waals surface area contributed by atoms with Gasteiger partial charge in [-0.05, 0) is 56.6 Å². The standard InChI is InChI=1S/C15H18FN3/c1-11-8-13(16)2-3-14(11)19-10-18-9-15(19)12-4-6-17-7-5-12/h2-3,8-10,12,17H,4-7H2,1H3. The van der Waals surface area contributed by atoms with Gasteiger partial charge in [-0.2, -0.15) is 0 Å². The molecule has 0 unspecified atom stereocenters. The van der Waals surface area contributed by atoms with Gasteiger partial charge in [0.2, 0.25) is 0 Å². The van der Waals surface area contributed by atoms with Crippen molar-refractivity contribution in [1.29, 1.82) is 0 Å². The molecule has 1 aliphatic rings. The van der Waals surface area contributed by atoms with Crippen molar-refractivity contribution < 1.29 is 4.39 Å². The zero-order valence-electron chi connectivity index (χ0n) is 11.1. The third kappa shape index (κ3) is 2.40. The second-order valence-corrected chi connectivity index (χ2v) is 5.14. The number of aromatic nitrogens is 2. The summed E-state index contributed by atoms with van der Waals surface area (Å²) in [5.74, 6) is 0.345. The minimum absolute atomic E-state index is 0.190. The first-order valence-electron chi connectivity index (χ1n) is 6.75. The maximum atomic E-state index is 13.2. The number of nitrogens with one attached hydrogen (secondary N) is 1. The van der Waals surface area contributed by atoms with E-state index in [0.717, 1.165) is 37.2 Å². The van der Waals surface area contributed by atoms with Gasteiger partial charge in [-0.25, -0.2) is 9.37 Å². The number of rotatable bonds is 2. The van der Waals surface area contributed by atoms with Gasteiger partial charge in [0.25, 0.3) is 0 Å². The average molecular weight is 259 g/mol. The van der Waals surface area contributed by atoms with Crippen molar-refractivity contribution in [3.8, 4) is 5.69 Å². The van der Waals surface area contributed by atoms with Gasteiger partial charge in [0, 0.05) is 23.5 Å². The van der Waals surface area contributed by atoms with E-state index in [1.54, 1.807) is 6.07 Å². The largest absolute Gasteiger partial charge is 0.317 e. The molecule has 100 valence electrons. The molecule has 1 aromatic heterocycles. The minimum atomic E-state index is -0.190. The normalized spacial score (nSPS) is 16.7. The zero-order chi connectivity index (χ0) is 13.2. The topological polar surface area (TPSA) is 29.9 Å².